The highest BCUT2D eigenvalue weighted by atomic mass is 35.5. The van der Waals surface area contributed by atoms with Crippen LogP contribution in [0.15, 0.2) is 18.3 Å². The molecule has 0 spiro atoms. The number of amides is 1. The van der Waals surface area contributed by atoms with Crippen LogP contribution >= 0.6 is 24.8 Å². The van der Waals surface area contributed by atoms with Crippen LogP contribution in [0.1, 0.15) is 25.7 Å². The fourth-order valence-corrected chi connectivity index (χ4v) is 3.71. The van der Waals surface area contributed by atoms with Crippen LogP contribution in [0.4, 0.5) is 5.82 Å². The second-order valence-corrected chi connectivity index (χ2v) is 6.28. The van der Waals surface area contributed by atoms with Gasteiger partial charge in [0.2, 0.25) is 5.91 Å². The van der Waals surface area contributed by atoms with E-state index in [2.05, 4.69) is 15.1 Å². The number of carbonyl (C=O) groups excluding carboxylic acids is 1. The molecule has 1 saturated carbocycles. The molecule has 0 bridgehead atoms. The Kier molecular flexibility index (Phi) is 8.73. The Morgan fingerprint density at radius 2 is 2.00 bits per heavy atom. The van der Waals surface area contributed by atoms with Crippen LogP contribution in [0.25, 0.3) is 0 Å². The van der Waals surface area contributed by atoms with Crippen molar-refractivity contribution in [3.63, 3.8) is 0 Å². The largest absolute Gasteiger partial charge is 0.353 e. The third-order valence-electron chi connectivity index (χ3n) is 4.97. The van der Waals surface area contributed by atoms with E-state index in [0.717, 1.165) is 57.7 Å². The summed E-state index contributed by atoms with van der Waals surface area (Å²) < 4.78 is 0. The van der Waals surface area contributed by atoms with E-state index in [1.165, 1.54) is 0 Å². The highest BCUT2D eigenvalue weighted by Gasteiger charge is 2.35. The lowest BCUT2D eigenvalue weighted by molar-refractivity contribution is -0.136. The van der Waals surface area contributed by atoms with Gasteiger partial charge >= 0.3 is 0 Å². The first-order valence-corrected chi connectivity index (χ1v) is 8.31. The summed E-state index contributed by atoms with van der Waals surface area (Å²) in [4.78, 5) is 17.0. The van der Waals surface area contributed by atoms with Crippen LogP contribution < -0.4 is 10.6 Å². The Morgan fingerprint density at radius 3 is 2.71 bits per heavy atom. The highest BCUT2D eigenvalue weighted by molar-refractivity contribution is 5.85. The second-order valence-electron chi connectivity index (χ2n) is 6.28. The van der Waals surface area contributed by atoms with Crippen LogP contribution in [0.3, 0.4) is 0 Å². The van der Waals surface area contributed by atoms with Crippen LogP contribution in [0.2, 0.25) is 0 Å². The summed E-state index contributed by atoms with van der Waals surface area (Å²) in [7, 11) is 0. The van der Waals surface area contributed by atoms with Gasteiger partial charge in [-0.15, -0.1) is 29.9 Å². The fourth-order valence-electron chi connectivity index (χ4n) is 3.71. The number of hydrogen-bond acceptors (Lipinski definition) is 5. The van der Waals surface area contributed by atoms with Crippen LogP contribution in [-0.2, 0) is 4.79 Å². The number of halogens is 2. The van der Waals surface area contributed by atoms with Crippen LogP contribution in [0.5, 0.6) is 0 Å². The standard InChI is InChI=1S/C16H25N5O.2ClH/c17-12-13-4-1-5-14(13)16(22)21-9-3-8-20(10-11-21)15-6-2-7-18-19-15;;/h2,6-7,13-14H,1,3-5,8-12,17H2;2*1H/t13-,14-;;/m1../s1. The lowest BCUT2D eigenvalue weighted by atomic mass is 9.94. The number of carbonyl (C=O) groups is 1. The number of nitrogens with zero attached hydrogens (tertiary/aromatic N) is 4. The molecular formula is C16H27Cl2N5O. The van der Waals surface area contributed by atoms with Crippen molar-refractivity contribution in [1.82, 2.24) is 15.1 Å². The summed E-state index contributed by atoms with van der Waals surface area (Å²) in [5.74, 6) is 1.74. The molecule has 0 radical (unpaired) electrons. The van der Waals surface area contributed by atoms with Gasteiger partial charge < -0.3 is 15.5 Å². The molecular weight excluding hydrogens is 349 g/mol. The fraction of sp³-hybridized carbons (Fsp3) is 0.688. The van der Waals surface area contributed by atoms with Gasteiger partial charge in [0.25, 0.3) is 0 Å². The Bertz CT molecular complexity index is 505. The second kappa shape index (κ2) is 10.0. The van der Waals surface area contributed by atoms with Gasteiger partial charge in [0, 0.05) is 38.3 Å². The molecule has 1 aromatic rings. The minimum Gasteiger partial charge on any atom is -0.353 e. The first-order chi connectivity index (χ1) is 10.8. The molecule has 24 heavy (non-hydrogen) atoms. The molecule has 2 atom stereocenters. The molecule has 136 valence electrons. The molecule has 1 aliphatic carbocycles. The average molecular weight is 376 g/mol. The van der Waals surface area contributed by atoms with Crippen molar-refractivity contribution >= 4 is 36.5 Å². The molecule has 2 heterocycles. The van der Waals surface area contributed by atoms with Gasteiger partial charge in [0.1, 0.15) is 0 Å². The average Bonchev–Trinajstić information content (AvgIpc) is 2.91. The van der Waals surface area contributed by atoms with E-state index in [9.17, 15) is 4.79 Å². The maximum atomic E-state index is 12.8. The predicted octanol–water partition coefficient (Wildman–Crippen LogP) is 1.73. The van der Waals surface area contributed by atoms with Gasteiger partial charge in [0.05, 0.1) is 0 Å². The molecule has 0 aromatic carbocycles. The van der Waals surface area contributed by atoms with E-state index in [1.54, 1.807) is 6.20 Å². The Labute approximate surface area is 156 Å². The topological polar surface area (TPSA) is 75.4 Å². The van der Waals surface area contributed by atoms with E-state index in [4.69, 9.17) is 5.73 Å². The van der Waals surface area contributed by atoms with Crippen LogP contribution in [0, 0.1) is 11.8 Å². The third-order valence-corrected chi connectivity index (χ3v) is 4.97. The van der Waals surface area contributed by atoms with E-state index < -0.39 is 0 Å². The van der Waals surface area contributed by atoms with Crippen molar-refractivity contribution in [1.29, 1.82) is 0 Å². The minimum absolute atomic E-state index is 0. The quantitative estimate of drug-likeness (QED) is 0.870. The molecule has 2 N–H and O–H groups in total. The lowest BCUT2D eigenvalue weighted by Gasteiger charge is -2.27. The lowest BCUT2D eigenvalue weighted by Crippen LogP contribution is -2.41. The van der Waals surface area contributed by atoms with Crippen molar-refractivity contribution in [3.8, 4) is 0 Å². The summed E-state index contributed by atoms with van der Waals surface area (Å²) >= 11 is 0. The van der Waals surface area contributed by atoms with E-state index in [-0.39, 0.29) is 30.7 Å². The normalized spacial score (nSPS) is 23.9. The predicted molar refractivity (Wildman–Crippen MR) is 99.8 cm³/mol. The maximum absolute atomic E-state index is 12.8. The Balaban J connectivity index is 0.00000144. The maximum Gasteiger partial charge on any atom is 0.226 e. The first kappa shape index (κ1) is 20.9. The van der Waals surface area contributed by atoms with E-state index >= 15 is 0 Å². The summed E-state index contributed by atoms with van der Waals surface area (Å²) in [6, 6.07) is 3.88. The highest BCUT2D eigenvalue weighted by Crippen LogP contribution is 2.32. The number of hydrogen-bond donors (Lipinski definition) is 1. The zero-order valence-electron chi connectivity index (χ0n) is 13.8. The molecule has 0 unspecified atom stereocenters. The number of anilines is 1. The molecule has 6 nitrogen and oxygen atoms in total. The van der Waals surface area contributed by atoms with Gasteiger partial charge in [-0.1, -0.05) is 6.42 Å². The molecule has 1 aromatic heterocycles. The Morgan fingerprint density at radius 1 is 1.17 bits per heavy atom. The molecule has 1 amide bonds. The van der Waals surface area contributed by atoms with Crippen molar-refractivity contribution in [2.75, 3.05) is 37.6 Å². The molecule has 2 fully saturated rings. The summed E-state index contributed by atoms with van der Waals surface area (Å²) in [6.07, 6.45) is 5.90. The minimum atomic E-state index is 0. The monoisotopic (exact) mass is 375 g/mol. The van der Waals surface area contributed by atoms with Crippen molar-refractivity contribution in [2.24, 2.45) is 17.6 Å². The zero-order valence-corrected chi connectivity index (χ0v) is 15.5. The Hall–Kier alpha value is -1.11. The van der Waals surface area contributed by atoms with Gasteiger partial charge in [-0.3, -0.25) is 4.79 Å². The van der Waals surface area contributed by atoms with Crippen molar-refractivity contribution in [3.05, 3.63) is 18.3 Å². The van der Waals surface area contributed by atoms with Gasteiger partial charge in [-0.25, -0.2) is 0 Å². The van der Waals surface area contributed by atoms with E-state index in [0.29, 0.717) is 18.4 Å². The molecule has 2 aliphatic rings. The van der Waals surface area contributed by atoms with E-state index in [1.807, 2.05) is 17.0 Å². The van der Waals surface area contributed by atoms with Crippen LogP contribution in [-0.4, -0.2) is 53.7 Å². The third kappa shape index (κ3) is 4.71. The van der Waals surface area contributed by atoms with Gasteiger partial charge in [-0.2, -0.15) is 5.10 Å². The number of nitrogens with two attached hydrogens (primary N) is 1. The number of aromatic nitrogens is 2. The van der Waals surface area contributed by atoms with Gasteiger partial charge in [0.15, 0.2) is 5.82 Å². The SMILES string of the molecule is Cl.Cl.NC[C@H]1CCC[C@H]1C(=O)N1CCCN(c2cccnn2)CC1. The van der Waals surface area contributed by atoms with Crippen molar-refractivity contribution in [2.45, 2.75) is 25.7 Å². The summed E-state index contributed by atoms with van der Waals surface area (Å²) in [5, 5.41) is 8.12. The number of rotatable bonds is 3. The molecule has 1 saturated heterocycles. The molecule has 3 rings (SSSR count). The van der Waals surface area contributed by atoms with Gasteiger partial charge in [-0.05, 0) is 43.9 Å². The molecule has 1 aliphatic heterocycles. The summed E-state index contributed by atoms with van der Waals surface area (Å²) in [6.45, 7) is 3.99. The first-order valence-electron chi connectivity index (χ1n) is 8.31. The smallest absolute Gasteiger partial charge is 0.226 e. The van der Waals surface area contributed by atoms with Crippen molar-refractivity contribution < 1.29 is 4.79 Å². The summed E-state index contributed by atoms with van der Waals surface area (Å²) in [5.41, 5.74) is 5.83. The zero-order chi connectivity index (χ0) is 15.4. The molecule has 8 heteroatoms.